The molecule has 4 aromatic carbocycles. The van der Waals surface area contributed by atoms with E-state index in [-0.39, 0.29) is 30.1 Å². The van der Waals surface area contributed by atoms with Gasteiger partial charge >= 0.3 is 0 Å². The van der Waals surface area contributed by atoms with Gasteiger partial charge in [-0.25, -0.2) is 13.2 Å². The highest BCUT2D eigenvalue weighted by atomic mass is 19.1. The predicted molar refractivity (Wildman–Crippen MR) is 200 cm³/mol. The summed E-state index contributed by atoms with van der Waals surface area (Å²) in [4.78, 5) is 55.8. The van der Waals surface area contributed by atoms with Crippen LogP contribution >= 0.6 is 0 Å². The Balaban J connectivity index is 1.26. The molecule has 2 aliphatic heterocycles. The molecule has 0 bridgehead atoms. The summed E-state index contributed by atoms with van der Waals surface area (Å²) in [6.07, 6.45) is 1.85. The Hall–Kier alpha value is -7.03. The first-order valence-electron chi connectivity index (χ1n) is 17.9. The average Bonchev–Trinajstić information content (AvgIpc) is 3.18. The second kappa shape index (κ2) is 14.6. The number of hydrogen-bond donors (Lipinski definition) is 1. The van der Waals surface area contributed by atoms with Gasteiger partial charge in [-0.2, -0.15) is 10.2 Å². The molecule has 6 aromatic rings. The van der Waals surface area contributed by atoms with E-state index in [1.54, 1.807) is 25.2 Å². The zero-order chi connectivity index (χ0) is 40.1. The van der Waals surface area contributed by atoms with Crippen LogP contribution in [0.1, 0.15) is 67.2 Å². The highest BCUT2D eigenvalue weighted by Crippen LogP contribution is 2.43. The molecular formula is C42H33F3N6O6. The molecular weight excluding hydrogens is 741 g/mol. The van der Waals surface area contributed by atoms with Crippen molar-refractivity contribution in [3.8, 4) is 17.2 Å². The van der Waals surface area contributed by atoms with E-state index in [0.29, 0.717) is 11.1 Å². The van der Waals surface area contributed by atoms with Crippen molar-refractivity contribution in [3.05, 3.63) is 181 Å². The number of ether oxygens (including phenoxy) is 1. The van der Waals surface area contributed by atoms with Crippen LogP contribution in [-0.4, -0.2) is 73.5 Å². The van der Waals surface area contributed by atoms with Crippen LogP contribution in [0.25, 0.3) is 0 Å². The van der Waals surface area contributed by atoms with Crippen LogP contribution in [0.3, 0.4) is 0 Å². The number of halogens is 3. The van der Waals surface area contributed by atoms with Crippen LogP contribution in [0.2, 0.25) is 0 Å². The second-order valence-corrected chi connectivity index (χ2v) is 14.1. The molecule has 0 aliphatic carbocycles. The number of aromatic nitrogens is 4. The second-order valence-electron chi connectivity index (χ2n) is 14.1. The van der Waals surface area contributed by atoms with Gasteiger partial charge in [0.15, 0.2) is 17.1 Å². The summed E-state index contributed by atoms with van der Waals surface area (Å²) in [5.74, 6) is -6.15. The highest BCUT2D eigenvalue weighted by molar-refractivity contribution is 5.96. The maximum Gasteiger partial charge on any atom is 0.275 e. The van der Waals surface area contributed by atoms with Crippen molar-refractivity contribution in [1.82, 2.24) is 29.4 Å². The number of carbonyl (C=O) groups excluding carboxylic acids is 2. The van der Waals surface area contributed by atoms with Gasteiger partial charge in [-0.1, -0.05) is 54.6 Å². The van der Waals surface area contributed by atoms with Gasteiger partial charge in [-0.15, -0.1) is 0 Å². The minimum absolute atomic E-state index is 0.0512. The van der Waals surface area contributed by atoms with Gasteiger partial charge in [-0.05, 0) is 58.7 Å². The van der Waals surface area contributed by atoms with Crippen LogP contribution in [-0.2, 0) is 0 Å². The Bertz CT molecular complexity index is 2690. The molecule has 0 saturated heterocycles. The van der Waals surface area contributed by atoms with Crippen molar-refractivity contribution in [3.63, 3.8) is 0 Å². The van der Waals surface area contributed by atoms with Gasteiger partial charge in [0.2, 0.25) is 16.6 Å². The van der Waals surface area contributed by atoms with Crippen molar-refractivity contribution in [2.45, 2.75) is 23.9 Å². The van der Waals surface area contributed by atoms with E-state index in [4.69, 9.17) is 4.74 Å². The first-order chi connectivity index (χ1) is 27.4. The van der Waals surface area contributed by atoms with Crippen molar-refractivity contribution < 1.29 is 32.6 Å². The maximum atomic E-state index is 15.8. The zero-order valence-corrected chi connectivity index (χ0v) is 30.4. The molecule has 4 atom stereocenters. The van der Waals surface area contributed by atoms with Crippen LogP contribution in [0.15, 0.2) is 119 Å². The highest BCUT2D eigenvalue weighted by Gasteiger charge is 2.41. The molecule has 2 aromatic heterocycles. The lowest BCUT2D eigenvalue weighted by Gasteiger charge is -2.38. The van der Waals surface area contributed by atoms with E-state index >= 15 is 4.39 Å². The van der Waals surface area contributed by atoms with Gasteiger partial charge in [0, 0.05) is 45.1 Å². The third-order valence-corrected chi connectivity index (χ3v) is 10.4. The van der Waals surface area contributed by atoms with E-state index in [9.17, 15) is 33.1 Å². The summed E-state index contributed by atoms with van der Waals surface area (Å²) in [5, 5.41) is 19.2. The van der Waals surface area contributed by atoms with Crippen LogP contribution in [0.4, 0.5) is 13.2 Å². The number of amides is 2. The normalized spacial score (nSPS) is 17.5. The smallest absolute Gasteiger partial charge is 0.275 e. The van der Waals surface area contributed by atoms with Crippen LogP contribution in [0, 0.1) is 17.5 Å². The molecule has 12 nitrogen and oxygen atoms in total. The minimum Gasteiger partial charge on any atom is -0.502 e. The number of likely N-dealkylation sites (N-methyl/N-ethyl adjacent to an activating group) is 2. The Kier molecular flexibility index (Phi) is 9.43. The third kappa shape index (κ3) is 6.70. The Morgan fingerprint density at radius 3 is 1.72 bits per heavy atom. The number of aromatic hydroxyl groups is 1. The molecule has 288 valence electrons. The molecule has 0 radical (unpaired) electrons. The molecule has 2 amide bonds. The molecule has 4 heterocycles. The first kappa shape index (κ1) is 36.9. The molecule has 2 aliphatic rings. The number of nitrogens with zero attached hydrogens (tertiary/aromatic N) is 6. The summed E-state index contributed by atoms with van der Waals surface area (Å²) in [6, 6.07) is 22.9. The lowest BCUT2D eigenvalue weighted by molar-refractivity contribution is 0.0679. The van der Waals surface area contributed by atoms with E-state index in [1.807, 2.05) is 30.3 Å². The van der Waals surface area contributed by atoms with Crippen LogP contribution in [0.5, 0.6) is 17.2 Å². The molecule has 0 saturated carbocycles. The van der Waals surface area contributed by atoms with Crippen molar-refractivity contribution in [1.29, 1.82) is 0 Å². The van der Waals surface area contributed by atoms with Gasteiger partial charge in [0.25, 0.3) is 11.8 Å². The molecule has 8 rings (SSSR count). The Morgan fingerprint density at radius 2 is 1.12 bits per heavy atom. The zero-order valence-electron chi connectivity index (χ0n) is 30.4. The van der Waals surface area contributed by atoms with E-state index in [0.717, 1.165) is 24.0 Å². The molecule has 4 unspecified atom stereocenters. The number of rotatable bonds is 8. The monoisotopic (exact) mass is 774 g/mol. The topological polar surface area (TPSA) is 140 Å². The minimum atomic E-state index is -0.982. The Labute approximate surface area is 322 Å². The molecule has 0 fully saturated rings. The number of carbonyl (C=O) groups is 2. The molecule has 57 heavy (non-hydrogen) atoms. The summed E-state index contributed by atoms with van der Waals surface area (Å²) in [5.41, 5.74) is -0.343. The molecule has 1 N–H and O–H groups in total. The van der Waals surface area contributed by atoms with E-state index in [1.165, 1.54) is 68.7 Å². The fourth-order valence-corrected chi connectivity index (χ4v) is 7.92. The SMILES string of the molecule is CN1CC(C(c2cccc(F)c2)c2cc(F)cc(Oc3c4n(ncc3=O)C(C(c3ccccc3)c3cccc(F)c3)CN(C)C4=O)c2)n2ncc(=O)c(O)c2C1=O. The summed E-state index contributed by atoms with van der Waals surface area (Å²) < 4.78 is 54.1. The summed E-state index contributed by atoms with van der Waals surface area (Å²) in [7, 11) is 3.01. The van der Waals surface area contributed by atoms with Gasteiger partial charge < -0.3 is 19.6 Å². The van der Waals surface area contributed by atoms with Crippen molar-refractivity contribution in [2.75, 3.05) is 27.2 Å². The van der Waals surface area contributed by atoms with Crippen molar-refractivity contribution >= 4 is 11.8 Å². The molecule has 15 heteroatoms. The maximum absolute atomic E-state index is 15.8. The van der Waals surface area contributed by atoms with Crippen molar-refractivity contribution in [2.24, 2.45) is 0 Å². The fourth-order valence-electron chi connectivity index (χ4n) is 7.92. The third-order valence-electron chi connectivity index (χ3n) is 10.4. The quantitative estimate of drug-likeness (QED) is 0.210. The van der Waals surface area contributed by atoms with E-state index < -0.39 is 81.2 Å². The lowest BCUT2D eigenvalue weighted by Crippen LogP contribution is -2.45. The van der Waals surface area contributed by atoms with Gasteiger partial charge in [-0.3, -0.25) is 28.5 Å². The summed E-state index contributed by atoms with van der Waals surface area (Å²) >= 11 is 0. The number of hydrogen-bond acceptors (Lipinski definition) is 8. The lowest BCUT2D eigenvalue weighted by atomic mass is 9.83. The predicted octanol–water partition coefficient (Wildman–Crippen LogP) is 5.63. The standard InChI is InChI=1S/C42H33F3N6O6/c1-48-22-32(50-37(41(48)55)39(54)33(52)19-46-50)36(25-11-7-13-28(44)15-25)26-16-29(45)18-30(17-26)57-40-34(53)20-47-51-31(21-49(2)42(56)38(40)51)35(23-8-4-3-5-9-23)24-10-6-12-27(43)14-24/h3-20,31-32,35-36,54H,21-22H2,1-2H3. The summed E-state index contributed by atoms with van der Waals surface area (Å²) in [6.45, 7) is 0.0793. The molecule has 0 spiro atoms. The van der Waals surface area contributed by atoms with E-state index in [2.05, 4.69) is 10.2 Å². The fraction of sp³-hybridized carbons (Fsp3) is 0.190. The van der Waals surface area contributed by atoms with Gasteiger partial charge in [0.1, 0.15) is 23.2 Å². The Morgan fingerprint density at radius 1 is 0.614 bits per heavy atom. The average molecular weight is 775 g/mol. The largest absolute Gasteiger partial charge is 0.502 e. The number of benzene rings is 4. The van der Waals surface area contributed by atoms with Crippen LogP contribution < -0.4 is 15.6 Å². The number of fused-ring (bicyclic) bond motifs is 2. The van der Waals surface area contributed by atoms with Gasteiger partial charge in [0.05, 0.1) is 24.5 Å². The first-order valence-corrected chi connectivity index (χ1v) is 17.9.